The SMILES string of the molecule is O=C(O)c1ccc(S(=O)(=O)Cl)s1. The van der Waals surface area contributed by atoms with Crippen LogP contribution >= 0.6 is 22.0 Å². The lowest BCUT2D eigenvalue weighted by atomic mass is 10.5. The van der Waals surface area contributed by atoms with Crippen LogP contribution in [0.3, 0.4) is 0 Å². The Morgan fingerprint density at radius 1 is 1.50 bits per heavy atom. The molecule has 0 spiro atoms. The molecule has 1 rings (SSSR count). The minimum Gasteiger partial charge on any atom is -0.477 e. The third kappa shape index (κ3) is 1.96. The van der Waals surface area contributed by atoms with Gasteiger partial charge in [0, 0.05) is 10.7 Å². The molecule has 0 fully saturated rings. The third-order valence-corrected chi connectivity index (χ3v) is 4.20. The lowest BCUT2D eigenvalue weighted by molar-refractivity contribution is 0.0702. The van der Waals surface area contributed by atoms with E-state index in [2.05, 4.69) is 0 Å². The second-order valence-electron chi connectivity index (χ2n) is 1.86. The number of carbonyl (C=O) groups is 1. The molecule has 1 aromatic rings. The Balaban J connectivity index is 3.17. The highest BCUT2D eigenvalue weighted by Crippen LogP contribution is 2.24. The number of halogens is 1. The minimum atomic E-state index is -3.79. The van der Waals surface area contributed by atoms with Crippen LogP contribution in [-0.2, 0) is 9.05 Å². The highest BCUT2D eigenvalue weighted by atomic mass is 35.7. The maximum atomic E-state index is 10.7. The molecule has 1 aromatic heterocycles. The predicted octanol–water partition coefficient (Wildman–Crippen LogP) is 1.37. The Morgan fingerprint density at radius 3 is 2.33 bits per heavy atom. The summed E-state index contributed by atoms with van der Waals surface area (Å²) >= 11 is 0.628. The number of hydrogen-bond acceptors (Lipinski definition) is 4. The van der Waals surface area contributed by atoms with Crippen LogP contribution in [0.25, 0.3) is 0 Å². The molecule has 66 valence electrons. The molecule has 4 nitrogen and oxygen atoms in total. The Morgan fingerprint density at radius 2 is 2.08 bits per heavy atom. The number of carboxylic acid groups (broad SMARTS) is 1. The van der Waals surface area contributed by atoms with Gasteiger partial charge in [0.05, 0.1) is 0 Å². The van der Waals surface area contributed by atoms with Crippen molar-refractivity contribution in [1.29, 1.82) is 0 Å². The summed E-state index contributed by atoms with van der Waals surface area (Å²) in [5.74, 6) is -1.16. The molecule has 0 aliphatic heterocycles. The summed E-state index contributed by atoms with van der Waals surface area (Å²) in [7, 11) is 1.18. The van der Waals surface area contributed by atoms with E-state index >= 15 is 0 Å². The van der Waals surface area contributed by atoms with Crippen LogP contribution in [0, 0.1) is 0 Å². The van der Waals surface area contributed by atoms with Gasteiger partial charge in [-0.05, 0) is 12.1 Å². The fourth-order valence-corrected chi connectivity index (χ4v) is 2.48. The fraction of sp³-hybridized carbons (Fsp3) is 0. The van der Waals surface area contributed by atoms with Gasteiger partial charge in [-0.1, -0.05) is 0 Å². The summed E-state index contributed by atoms with van der Waals surface area (Å²) in [5, 5.41) is 8.44. The number of aromatic carboxylic acids is 1. The number of rotatable bonds is 2. The van der Waals surface area contributed by atoms with E-state index in [0.717, 1.165) is 6.07 Å². The van der Waals surface area contributed by atoms with E-state index in [4.69, 9.17) is 15.8 Å². The Kier molecular flexibility index (Phi) is 2.41. The first-order valence-corrected chi connectivity index (χ1v) is 5.81. The Labute approximate surface area is 76.8 Å². The summed E-state index contributed by atoms with van der Waals surface area (Å²) in [6, 6.07) is 2.36. The third-order valence-electron chi connectivity index (χ3n) is 1.03. The van der Waals surface area contributed by atoms with Crippen molar-refractivity contribution in [1.82, 2.24) is 0 Å². The van der Waals surface area contributed by atoms with E-state index in [9.17, 15) is 13.2 Å². The maximum absolute atomic E-state index is 10.7. The van der Waals surface area contributed by atoms with Crippen molar-refractivity contribution < 1.29 is 18.3 Å². The smallest absolute Gasteiger partial charge is 0.345 e. The van der Waals surface area contributed by atoms with E-state index < -0.39 is 15.0 Å². The molecule has 0 aliphatic carbocycles. The van der Waals surface area contributed by atoms with Gasteiger partial charge in [0.1, 0.15) is 9.09 Å². The molecule has 0 unspecified atom stereocenters. The lowest BCUT2D eigenvalue weighted by Gasteiger charge is -1.85. The standard InChI is InChI=1S/C5H3ClO4S2/c6-12(9,10)4-2-1-3(11-4)5(7)8/h1-2H,(H,7,8). The van der Waals surface area contributed by atoms with Crippen molar-refractivity contribution in [2.24, 2.45) is 0 Å². The highest BCUT2D eigenvalue weighted by molar-refractivity contribution is 8.15. The molecule has 1 heterocycles. The van der Waals surface area contributed by atoms with Crippen LogP contribution in [0.5, 0.6) is 0 Å². The first-order chi connectivity index (χ1) is 5.41. The van der Waals surface area contributed by atoms with E-state index in [-0.39, 0.29) is 9.09 Å². The van der Waals surface area contributed by atoms with Gasteiger partial charge in [-0.2, -0.15) is 0 Å². The number of carboxylic acids is 1. The van der Waals surface area contributed by atoms with Gasteiger partial charge in [0.2, 0.25) is 0 Å². The van der Waals surface area contributed by atoms with Crippen LogP contribution in [-0.4, -0.2) is 19.5 Å². The molecular formula is C5H3ClO4S2. The van der Waals surface area contributed by atoms with Crippen LogP contribution in [0.4, 0.5) is 0 Å². The zero-order chi connectivity index (χ0) is 9.35. The number of thiophene rings is 1. The second kappa shape index (κ2) is 3.04. The van der Waals surface area contributed by atoms with Crippen LogP contribution in [0.2, 0.25) is 0 Å². The topological polar surface area (TPSA) is 71.4 Å². The normalized spacial score (nSPS) is 11.4. The van der Waals surface area contributed by atoms with Gasteiger partial charge in [0.25, 0.3) is 9.05 Å². The van der Waals surface area contributed by atoms with Gasteiger partial charge < -0.3 is 5.11 Å². The summed E-state index contributed by atoms with van der Waals surface area (Å²) < 4.78 is 21.2. The van der Waals surface area contributed by atoms with E-state index in [1.54, 1.807) is 0 Å². The monoisotopic (exact) mass is 226 g/mol. The van der Waals surface area contributed by atoms with Crippen LogP contribution < -0.4 is 0 Å². The molecule has 0 atom stereocenters. The Hall–Kier alpha value is -0.590. The van der Waals surface area contributed by atoms with Gasteiger partial charge in [0.15, 0.2) is 0 Å². The first kappa shape index (κ1) is 9.50. The quantitative estimate of drug-likeness (QED) is 0.774. The zero-order valence-corrected chi connectivity index (χ0v) is 7.91. The van der Waals surface area contributed by atoms with Crippen LogP contribution in [0.15, 0.2) is 16.3 Å². The van der Waals surface area contributed by atoms with Crippen molar-refractivity contribution in [3.8, 4) is 0 Å². The fourth-order valence-electron chi connectivity index (χ4n) is 0.566. The van der Waals surface area contributed by atoms with E-state index in [0.29, 0.717) is 11.3 Å². The molecular weight excluding hydrogens is 224 g/mol. The van der Waals surface area contributed by atoms with E-state index in [1.165, 1.54) is 6.07 Å². The molecule has 1 N–H and O–H groups in total. The zero-order valence-electron chi connectivity index (χ0n) is 5.52. The molecule has 0 saturated heterocycles. The van der Waals surface area contributed by atoms with Crippen molar-refractivity contribution >= 4 is 37.0 Å². The van der Waals surface area contributed by atoms with Gasteiger partial charge in [-0.3, -0.25) is 0 Å². The molecule has 0 radical (unpaired) electrons. The largest absolute Gasteiger partial charge is 0.477 e. The van der Waals surface area contributed by atoms with Gasteiger partial charge in [-0.15, -0.1) is 11.3 Å². The molecule has 7 heteroatoms. The number of hydrogen-bond donors (Lipinski definition) is 1. The highest BCUT2D eigenvalue weighted by Gasteiger charge is 2.15. The minimum absolute atomic E-state index is 0.0470. The van der Waals surface area contributed by atoms with Crippen molar-refractivity contribution in [3.63, 3.8) is 0 Å². The van der Waals surface area contributed by atoms with Gasteiger partial charge >= 0.3 is 5.97 Å². The van der Waals surface area contributed by atoms with E-state index in [1.807, 2.05) is 0 Å². The first-order valence-electron chi connectivity index (χ1n) is 2.69. The average Bonchev–Trinajstić information content (AvgIpc) is 2.30. The Bertz CT molecular complexity index is 405. The summed E-state index contributed by atoms with van der Waals surface area (Å²) in [5.41, 5.74) is 0. The molecule has 0 aliphatic rings. The molecule has 12 heavy (non-hydrogen) atoms. The lowest BCUT2D eigenvalue weighted by Crippen LogP contribution is -1.90. The van der Waals surface area contributed by atoms with Gasteiger partial charge in [-0.25, -0.2) is 13.2 Å². The van der Waals surface area contributed by atoms with Crippen molar-refractivity contribution in [2.75, 3.05) is 0 Å². The summed E-state index contributed by atoms with van der Waals surface area (Å²) in [6.45, 7) is 0. The summed E-state index contributed by atoms with van der Waals surface area (Å²) in [4.78, 5) is 10.3. The van der Waals surface area contributed by atoms with Crippen LogP contribution in [0.1, 0.15) is 9.67 Å². The maximum Gasteiger partial charge on any atom is 0.345 e. The predicted molar refractivity (Wildman–Crippen MR) is 44.3 cm³/mol. The van der Waals surface area contributed by atoms with Crippen molar-refractivity contribution in [2.45, 2.75) is 4.21 Å². The average molecular weight is 227 g/mol. The molecule has 0 bridgehead atoms. The molecule has 0 aromatic carbocycles. The second-order valence-corrected chi connectivity index (χ2v) is 5.74. The molecule has 0 saturated carbocycles. The summed E-state index contributed by atoms with van der Waals surface area (Å²) in [6.07, 6.45) is 0. The molecule has 0 amide bonds. The van der Waals surface area contributed by atoms with Crippen molar-refractivity contribution in [3.05, 3.63) is 17.0 Å².